The minimum Gasteiger partial charge on any atom is -0.336 e. The highest BCUT2D eigenvalue weighted by Crippen LogP contribution is 2.43. The van der Waals surface area contributed by atoms with E-state index >= 15 is 0 Å². The number of benzene rings is 4. The highest BCUT2D eigenvalue weighted by molar-refractivity contribution is 6.37. The topological polar surface area (TPSA) is 42.3 Å². The standard InChI is InChI=1S/C26H18N2O2/c1-3-12-28-20-11-7-6-10-17(20)21-23-22(25(29)27(2)26(23)30)18-13-15-8-4-5-9-16(15)14-19(18)24(21)28/h3-11,13-14H,1,12H2,2H3. The van der Waals surface area contributed by atoms with Gasteiger partial charge >= 0.3 is 0 Å². The molecule has 6 rings (SSSR count). The smallest absolute Gasteiger partial charge is 0.262 e. The molecule has 1 aliphatic rings. The summed E-state index contributed by atoms with van der Waals surface area (Å²) in [6.45, 7) is 4.55. The fraction of sp³-hybridized carbons (Fsp3) is 0.0769. The lowest BCUT2D eigenvalue weighted by Gasteiger charge is -2.11. The molecule has 4 aromatic carbocycles. The van der Waals surface area contributed by atoms with Gasteiger partial charge in [0, 0.05) is 35.3 Å². The first kappa shape index (κ1) is 17.0. The van der Waals surface area contributed by atoms with Crippen molar-refractivity contribution in [2.75, 3.05) is 7.05 Å². The highest BCUT2D eigenvalue weighted by Gasteiger charge is 2.38. The molecule has 0 saturated carbocycles. The van der Waals surface area contributed by atoms with Crippen LogP contribution in [0.4, 0.5) is 0 Å². The lowest BCUT2D eigenvalue weighted by Crippen LogP contribution is -2.24. The summed E-state index contributed by atoms with van der Waals surface area (Å²) in [4.78, 5) is 27.6. The van der Waals surface area contributed by atoms with E-state index < -0.39 is 0 Å². The van der Waals surface area contributed by atoms with Gasteiger partial charge in [0.2, 0.25) is 0 Å². The van der Waals surface area contributed by atoms with Gasteiger partial charge in [0.05, 0.1) is 16.6 Å². The summed E-state index contributed by atoms with van der Waals surface area (Å²) in [5.41, 5.74) is 3.04. The number of carbonyl (C=O) groups is 2. The van der Waals surface area contributed by atoms with Crippen molar-refractivity contribution in [2.24, 2.45) is 0 Å². The molecule has 0 aliphatic carbocycles. The summed E-state index contributed by atoms with van der Waals surface area (Å²) >= 11 is 0. The molecule has 0 spiro atoms. The van der Waals surface area contributed by atoms with Gasteiger partial charge in [-0.05, 0) is 34.4 Å². The number of hydrogen-bond donors (Lipinski definition) is 0. The zero-order valence-electron chi connectivity index (χ0n) is 16.5. The number of allylic oxidation sites excluding steroid dienone is 1. The summed E-state index contributed by atoms with van der Waals surface area (Å²) in [6, 6.07) is 20.4. The normalized spacial score (nSPS) is 13.8. The Morgan fingerprint density at radius 3 is 2.20 bits per heavy atom. The molecule has 4 nitrogen and oxygen atoms in total. The largest absolute Gasteiger partial charge is 0.336 e. The summed E-state index contributed by atoms with van der Waals surface area (Å²) in [5, 5.41) is 5.80. The monoisotopic (exact) mass is 390 g/mol. The number of para-hydroxylation sites is 1. The van der Waals surface area contributed by atoms with Gasteiger partial charge in [-0.15, -0.1) is 6.58 Å². The third-order valence-electron chi connectivity index (χ3n) is 6.23. The first-order valence-corrected chi connectivity index (χ1v) is 9.94. The van der Waals surface area contributed by atoms with E-state index in [0.717, 1.165) is 43.4 Å². The highest BCUT2D eigenvalue weighted by atomic mass is 16.2. The van der Waals surface area contributed by atoms with Crippen LogP contribution in [0.3, 0.4) is 0 Å². The lowest BCUT2D eigenvalue weighted by molar-refractivity contribution is 0.0694. The van der Waals surface area contributed by atoms with Crippen molar-refractivity contribution >= 4 is 55.2 Å². The van der Waals surface area contributed by atoms with Crippen molar-refractivity contribution in [1.29, 1.82) is 0 Å². The number of aromatic nitrogens is 1. The Balaban J connectivity index is 1.99. The van der Waals surface area contributed by atoms with Gasteiger partial charge < -0.3 is 4.57 Å². The fourth-order valence-corrected chi connectivity index (χ4v) is 4.92. The Bertz CT molecular complexity index is 1590. The van der Waals surface area contributed by atoms with Gasteiger partial charge in [0.25, 0.3) is 11.8 Å². The van der Waals surface area contributed by atoms with Crippen LogP contribution in [-0.2, 0) is 6.54 Å². The van der Waals surface area contributed by atoms with Crippen molar-refractivity contribution in [3.8, 4) is 0 Å². The van der Waals surface area contributed by atoms with Gasteiger partial charge in [-0.2, -0.15) is 0 Å². The third-order valence-corrected chi connectivity index (χ3v) is 6.23. The molecular weight excluding hydrogens is 372 g/mol. The van der Waals surface area contributed by atoms with Gasteiger partial charge in [-0.3, -0.25) is 14.5 Å². The van der Waals surface area contributed by atoms with Crippen molar-refractivity contribution in [3.05, 3.63) is 84.4 Å². The summed E-state index contributed by atoms with van der Waals surface area (Å²) in [7, 11) is 1.56. The average molecular weight is 390 g/mol. The van der Waals surface area contributed by atoms with E-state index in [4.69, 9.17) is 0 Å². The van der Waals surface area contributed by atoms with Crippen LogP contribution in [-0.4, -0.2) is 28.3 Å². The molecule has 0 radical (unpaired) electrons. The molecule has 2 heterocycles. The van der Waals surface area contributed by atoms with Gasteiger partial charge in [0.1, 0.15) is 0 Å². The van der Waals surface area contributed by atoms with Crippen LogP contribution < -0.4 is 0 Å². The lowest BCUT2D eigenvalue weighted by atomic mass is 9.93. The first-order chi connectivity index (χ1) is 14.6. The van der Waals surface area contributed by atoms with Crippen LogP contribution in [0.1, 0.15) is 20.7 Å². The van der Waals surface area contributed by atoms with Crippen LogP contribution in [0.5, 0.6) is 0 Å². The van der Waals surface area contributed by atoms with E-state index in [1.54, 1.807) is 7.05 Å². The Hall–Kier alpha value is -3.92. The second-order valence-corrected chi connectivity index (χ2v) is 7.80. The molecule has 0 N–H and O–H groups in total. The van der Waals surface area contributed by atoms with Crippen molar-refractivity contribution in [2.45, 2.75) is 6.54 Å². The molecule has 0 atom stereocenters. The minimum absolute atomic E-state index is 0.238. The molecule has 30 heavy (non-hydrogen) atoms. The predicted molar refractivity (Wildman–Crippen MR) is 121 cm³/mol. The van der Waals surface area contributed by atoms with Crippen LogP contribution in [0.15, 0.2) is 73.3 Å². The Labute approximate surface area is 172 Å². The maximum absolute atomic E-state index is 13.2. The van der Waals surface area contributed by atoms with E-state index in [0.29, 0.717) is 17.7 Å². The molecule has 144 valence electrons. The van der Waals surface area contributed by atoms with Gasteiger partial charge in [0.15, 0.2) is 0 Å². The molecule has 1 aliphatic heterocycles. The number of amides is 2. The van der Waals surface area contributed by atoms with Gasteiger partial charge in [-0.1, -0.05) is 48.5 Å². The predicted octanol–water partition coefficient (Wildman–Crippen LogP) is 5.51. The summed E-state index contributed by atoms with van der Waals surface area (Å²) in [5.74, 6) is -0.478. The molecular formula is C26H18N2O2. The van der Waals surface area contributed by atoms with Crippen molar-refractivity contribution in [3.63, 3.8) is 0 Å². The van der Waals surface area contributed by atoms with Crippen LogP contribution in [0.25, 0.3) is 43.4 Å². The minimum atomic E-state index is -0.239. The Kier molecular flexibility index (Phi) is 3.28. The molecule has 1 aromatic heterocycles. The SMILES string of the molecule is C=CCn1c2ccccc2c2c3c(c4cc5ccccc5cc4c21)C(=O)N(C)C3=O. The third kappa shape index (κ3) is 1.95. The molecule has 4 heteroatoms. The number of imide groups is 1. The Morgan fingerprint density at radius 1 is 0.833 bits per heavy atom. The average Bonchev–Trinajstić information content (AvgIpc) is 3.21. The molecule has 0 unspecified atom stereocenters. The Morgan fingerprint density at radius 2 is 1.47 bits per heavy atom. The van der Waals surface area contributed by atoms with E-state index in [9.17, 15) is 9.59 Å². The fourth-order valence-electron chi connectivity index (χ4n) is 4.92. The second kappa shape index (κ2) is 5.80. The van der Waals surface area contributed by atoms with Crippen LogP contribution >= 0.6 is 0 Å². The summed E-state index contributed by atoms with van der Waals surface area (Å²) in [6.07, 6.45) is 1.87. The van der Waals surface area contributed by atoms with Crippen LogP contribution in [0, 0.1) is 0 Å². The van der Waals surface area contributed by atoms with E-state index in [-0.39, 0.29) is 11.8 Å². The second-order valence-electron chi connectivity index (χ2n) is 7.80. The number of carbonyl (C=O) groups excluding carboxylic acids is 2. The maximum Gasteiger partial charge on any atom is 0.262 e. The quantitative estimate of drug-likeness (QED) is 0.226. The number of rotatable bonds is 2. The van der Waals surface area contributed by atoms with E-state index in [1.807, 2.05) is 48.5 Å². The molecule has 2 amide bonds. The number of fused-ring (bicyclic) bond motifs is 9. The van der Waals surface area contributed by atoms with Gasteiger partial charge in [-0.25, -0.2) is 0 Å². The summed E-state index contributed by atoms with van der Waals surface area (Å²) < 4.78 is 2.20. The molecule has 5 aromatic rings. The molecule has 0 bridgehead atoms. The number of hydrogen-bond acceptors (Lipinski definition) is 2. The number of nitrogens with zero attached hydrogens (tertiary/aromatic N) is 2. The van der Waals surface area contributed by atoms with Crippen molar-refractivity contribution in [1.82, 2.24) is 9.47 Å². The first-order valence-electron chi connectivity index (χ1n) is 9.94. The van der Waals surface area contributed by atoms with Crippen molar-refractivity contribution < 1.29 is 9.59 Å². The maximum atomic E-state index is 13.2. The zero-order valence-corrected chi connectivity index (χ0v) is 16.5. The molecule has 0 fully saturated rings. The van der Waals surface area contributed by atoms with E-state index in [1.165, 1.54) is 4.90 Å². The van der Waals surface area contributed by atoms with E-state index in [2.05, 4.69) is 29.3 Å². The zero-order chi connectivity index (χ0) is 20.6. The molecule has 0 saturated heterocycles. The van der Waals surface area contributed by atoms with Crippen LogP contribution in [0.2, 0.25) is 0 Å².